The molecule has 1 fully saturated rings. The first-order valence-electron chi connectivity index (χ1n) is 7.24. The number of carboxylic acids is 1. The van der Waals surface area contributed by atoms with Gasteiger partial charge in [-0.15, -0.1) is 0 Å². The third kappa shape index (κ3) is 3.51. The lowest BCUT2D eigenvalue weighted by Gasteiger charge is -2.24. The Hall–Kier alpha value is -2.10. The second-order valence-corrected chi connectivity index (χ2v) is 5.78. The molecular formula is C17H21NO3. The highest BCUT2D eigenvalue weighted by Crippen LogP contribution is 2.29. The van der Waals surface area contributed by atoms with Crippen LogP contribution < -0.4 is 5.32 Å². The summed E-state index contributed by atoms with van der Waals surface area (Å²) in [6, 6.07) is 5.99. The van der Waals surface area contributed by atoms with E-state index in [1.165, 1.54) is 11.6 Å². The van der Waals surface area contributed by atoms with E-state index in [1.54, 1.807) is 6.08 Å². The van der Waals surface area contributed by atoms with Crippen LogP contribution in [0, 0.1) is 13.8 Å². The monoisotopic (exact) mass is 287 g/mol. The zero-order valence-electron chi connectivity index (χ0n) is 12.5. The molecule has 0 atom stereocenters. The number of amides is 1. The van der Waals surface area contributed by atoms with Gasteiger partial charge in [0.2, 0.25) is 5.91 Å². The molecule has 1 aromatic rings. The van der Waals surface area contributed by atoms with Crippen LogP contribution in [0.4, 0.5) is 0 Å². The molecule has 4 heteroatoms. The minimum absolute atomic E-state index is 0.348. The van der Waals surface area contributed by atoms with Crippen molar-refractivity contribution in [2.24, 2.45) is 0 Å². The Bertz CT molecular complexity index is 584. The van der Waals surface area contributed by atoms with Crippen LogP contribution in [-0.2, 0) is 9.59 Å². The number of aliphatic carboxylic acids is 1. The molecule has 0 aliphatic heterocycles. The predicted molar refractivity (Wildman–Crippen MR) is 81.9 cm³/mol. The molecule has 0 spiro atoms. The van der Waals surface area contributed by atoms with E-state index >= 15 is 0 Å². The van der Waals surface area contributed by atoms with Gasteiger partial charge in [0.1, 0.15) is 5.54 Å². The van der Waals surface area contributed by atoms with Gasteiger partial charge in [-0.3, -0.25) is 4.79 Å². The zero-order chi connectivity index (χ0) is 15.5. The summed E-state index contributed by atoms with van der Waals surface area (Å²) < 4.78 is 0. The van der Waals surface area contributed by atoms with E-state index in [-0.39, 0.29) is 5.91 Å². The number of carbonyl (C=O) groups is 2. The quantitative estimate of drug-likeness (QED) is 0.837. The highest BCUT2D eigenvalue weighted by Gasteiger charge is 2.42. The van der Waals surface area contributed by atoms with Gasteiger partial charge in [-0.25, -0.2) is 4.79 Å². The average molecular weight is 287 g/mol. The average Bonchev–Trinajstić information content (AvgIpc) is 2.87. The van der Waals surface area contributed by atoms with Crippen LogP contribution in [0.15, 0.2) is 24.3 Å². The van der Waals surface area contributed by atoms with Gasteiger partial charge in [0, 0.05) is 6.08 Å². The van der Waals surface area contributed by atoms with E-state index in [0.29, 0.717) is 12.8 Å². The lowest BCUT2D eigenvalue weighted by Crippen LogP contribution is -2.52. The number of nitrogens with one attached hydrogen (secondary N) is 1. The molecule has 0 bridgehead atoms. The third-order valence-corrected chi connectivity index (χ3v) is 4.07. The number of hydrogen-bond acceptors (Lipinski definition) is 2. The lowest BCUT2D eigenvalue weighted by molar-refractivity contribution is -0.146. The summed E-state index contributed by atoms with van der Waals surface area (Å²) in [5, 5.41) is 12.0. The topological polar surface area (TPSA) is 66.4 Å². The number of carboxylic acid groups (broad SMARTS) is 1. The maximum absolute atomic E-state index is 12.0. The molecule has 1 aromatic carbocycles. The SMILES string of the molecule is Cc1ccc(/C=C/C(=O)NC2(C(=O)O)CCCC2)c(C)c1. The Morgan fingerprint density at radius 3 is 2.48 bits per heavy atom. The Morgan fingerprint density at radius 1 is 1.24 bits per heavy atom. The van der Waals surface area contributed by atoms with Crippen molar-refractivity contribution in [1.82, 2.24) is 5.32 Å². The normalized spacial score (nSPS) is 17.0. The largest absolute Gasteiger partial charge is 0.480 e. The Morgan fingerprint density at radius 2 is 1.90 bits per heavy atom. The summed E-state index contributed by atoms with van der Waals surface area (Å²) in [6.07, 6.45) is 5.84. The van der Waals surface area contributed by atoms with Crippen LogP contribution in [0.1, 0.15) is 42.4 Å². The zero-order valence-corrected chi connectivity index (χ0v) is 12.5. The van der Waals surface area contributed by atoms with Gasteiger partial charge in [0.05, 0.1) is 0 Å². The molecule has 2 N–H and O–H groups in total. The maximum atomic E-state index is 12.0. The second kappa shape index (κ2) is 6.12. The molecule has 1 amide bonds. The smallest absolute Gasteiger partial charge is 0.329 e. The van der Waals surface area contributed by atoms with Gasteiger partial charge in [0.15, 0.2) is 0 Å². The molecule has 0 heterocycles. The maximum Gasteiger partial charge on any atom is 0.329 e. The summed E-state index contributed by atoms with van der Waals surface area (Å²) in [5.41, 5.74) is 2.15. The van der Waals surface area contributed by atoms with Crippen LogP contribution >= 0.6 is 0 Å². The molecule has 0 saturated heterocycles. The first kappa shape index (κ1) is 15.3. The number of carbonyl (C=O) groups excluding carboxylic acids is 1. The van der Waals surface area contributed by atoms with Gasteiger partial charge in [-0.1, -0.05) is 36.6 Å². The number of rotatable bonds is 4. The van der Waals surface area contributed by atoms with Crippen molar-refractivity contribution in [3.63, 3.8) is 0 Å². The highest BCUT2D eigenvalue weighted by atomic mass is 16.4. The Labute approximate surface area is 124 Å². The fourth-order valence-corrected chi connectivity index (χ4v) is 2.83. The van der Waals surface area contributed by atoms with Crippen molar-refractivity contribution in [3.8, 4) is 0 Å². The molecule has 21 heavy (non-hydrogen) atoms. The van der Waals surface area contributed by atoms with Crippen molar-refractivity contribution in [3.05, 3.63) is 41.0 Å². The molecule has 0 aromatic heterocycles. The summed E-state index contributed by atoms with van der Waals surface area (Å²) in [4.78, 5) is 23.4. The molecule has 1 saturated carbocycles. The van der Waals surface area contributed by atoms with Gasteiger partial charge in [0.25, 0.3) is 0 Å². The minimum Gasteiger partial charge on any atom is -0.480 e. The Balaban J connectivity index is 2.07. The number of aryl methyl sites for hydroxylation is 2. The summed E-state index contributed by atoms with van der Waals surface area (Å²) in [6.45, 7) is 4.00. The van der Waals surface area contributed by atoms with E-state index in [9.17, 15) is 14.7 Å². The van der Waals surface area contributed by atoms with Gasteiger partial charge >= 0.3 is 5.97 Å². The fraction of sp³-hybridized carbons (Fsp3) is 0.412. The van der Waals surface area contributed by atoms with E-state index in [2.05, 4.69) is 5.32 Å². The van der Waals surface area contributed by atoms with E-state index in [4.69, 9.17) is 0 Å². The standard InChI is InChI=1S/C17H21NO3/c1-12-5-6-14(13(2)11-12)7-8-15(19)18-17(16(20)21)9-3-4-10-17/h5-8,11H,3-4,9-10H2,1-2H3,(H,18,19)(H,20,21)/b8-7+. The lowest BCUT2D eigenvalue weighted by atomic mass is 9.98. The molecule has 1 aliphatic carbocycles. The van der Waals surface area contributed by atoms with Gasteiger partial charge in [-0.05, 0) is 43.9 Å². The predicted octanol–water partition coefficient (Wildman–Crippen LogP) is 2.83. The molecule has 2 rings (SSSR count). The van der Waals surface area contributed by atoms with Crippen LogP contribution in [0.5, 0.6) is 0 Å². The van der Waals surface area contributed by atoms with Crippen molar-refractivity contribution in [2.45, 2.75) is 45.1 Å². The third-order valence-electron chi connectivity index (χ3n) is 4.07. The van der Waals surface area contributed by atoms with Crippen molar-refractivity contribution < 1.29 is 14.7 Å². The summed E-state index contributed by atoms with van der Waals surface area (Å²) in [5.74, 6) is -1.28. The highest BCUT2D eigenvalue weighted by molar-refractivity contribution is 5.96. The van der Waals surface area contributed by atoms with Gasteiger partial charge in [-0.2, -0.15) is 0 Å². The molecule has 0 unspecified atom stereocenters. The molecular weight excluding hydrogens is 266 g/mol. The fourth-order valence-electron chi connectivity index (χ4n) is 2.83. The number of benzene rings is 1. The van der Waals surface area contributed by atoms with Gasteiger partial charge < -0.3 is 10.4 Å². The first-order chi connectivity index (χ1) is 9.93. The van der Waals surface area contributed by atoms with Crippen molar-refractivity contribution >= 4 is 18.0 Å². The number of hydrogen-bond donors (Lipinski definition) is 2. The molecule has 112 valence electrons. The Kier molecular flexibility index (Phi) is 4.46. The second-order valence-electron chi connectivity index (χ2n) is 5.78. The van der Waals surface area contributed by atoms with Crippen molar-refractivity contribution in [1.29, 1.82) is 0 Å². The van der Waals surface area contributed by atoms with Crippen LogP contribution in [0.3, 0.4) is 0 Å². The van der Waals surface area contributed by atoms with Crippen LogP contribution in [-0.4, -0.2) is 22.5 Å². The summed E-state index contributed by atoms with van der Waals surface area (Å²) >= 11 is 0. The molecule has 0 radical (unpaired) electrons. The van der Waals surface area contributed by atoms with E-state index in [0.717, 1.165) is 24.0 Å². The molecule has 4 nitrogen and oxygen atoms in total. The molecule has 1 aliphatic rings. The van der Waals surface area contributed by atoms with Crippen LogP contribution in [0.2, 0.25) is 0 Å². The van der Waals surface area contributed by atoms with E-state index < -0.39 is 11.5 Å². The first-order valence-corrected chi connectivity index (χ1v) is 7.24. The summed E-state index contributed by atoms with van der Waals surface area (Å²) in [7, 11) is 0. The van der Waals surface area contributed by atoms with Crippen molar-refractivity contribution in [2.75, 3.05) is 0 Å². The van der Waals surface area contributed by atoms with E-state index in [1.807, 2.05) is 32.0 Å². The minimum atomic E-state index is -1.08. The van der Waals surface area contributed by atoms with Crippen LogP contribution in [0.25, 0.3) is 6.08 Å².